The van der Waals surface area contributed by atoms with Gasteiger partial charge in [0.2, 0.25) is 5.78 Å². The van der Waals surface area contributed by atoms with Crippen LogP contribution in [-0.4, -0.2) is 41.6 Å². The Kier molecular flexibility index (Phi) is 7.54. The summed E-state index contributed by atoms with van der Waals surface area (Å²) in [4.78, 5) is 14.1. The van der Waals surface area contributed by atoms with Crippen molar-refractivity contribution < 1.29 is 19.7 Å². The molecular formula is C17H19BrClNO4. The fraction of sp³-hybridized carbons (Fsp3) is 0.235. The molecule has 0 aromatic heterocycles. The maximum atomic E-state index is 12.3. The minimum atomic E-state index is -0.356. The van der Waals surface area contributed by atoms with Crippen molar-refractivity contribution in [3.8, 4) is 17.2 Å². The van der Waals surface area contributed by atoms with Gasteiger partial charge in [-0.05, 0) is 50.5 Å². The van der Waals surface area contributed by atoms with E-state index in [1.807, 2.05) is 26.2 Å². The van der Waals surface area contributed by atoms with E-state index in [1.165, 1.54) is 12.1 Å². The summed E-state index contributed by atoms with van der Waals surface area (Å²) in [5.74, 6) is -0.0385. The van der Waals surface area contributed by atoms with Gasteiger partial charge in [-0.2, -0.15) is 0 Å². The number of rotatable bonds is 6. The molecule has 24 heavy (non-hydrogen) atoms. The highest BCUT2D eigenvalue weighted by molar-refractivity contribution is 9.10. The molecule has 0 aliphatic heterocycles. The summed E-state index contributed by atoms with van der Waals surface area (Å²) >= 11 is 3.32. The van der Waals surface area contributed by atoms with E-state index in [9.17, 15) is 15.0 Å². The van der Waals surface area contributed by atoms with Gasteiger partial charge in [0.1, 0.15) is 17.2 Å². The van der Waals surface area contributed by atoms with Gasteiger partial charge in [0.25, 0.3) is 0 Å². The molecule has 0 amide bonds. The van der Waals surface area contributed by atoms with E-state index in [1.54, 1.807) is 17.0 Å². The number of nitrogens with zero attached hydrogens (tertiary/aromatic N) is 1. The SMILES string of the molecule is CN(C)Cc1c(O)ccc(C(=O)COc2ccc(Br)cc2)c1O.Cl. The van der Waals surface area contributed by atoms with Crippen molar-refractivity contribution in [3.05, 3.63) is 52.0 Å². The molecule has 0 saturated carbocycles. The highest BCUT2D eigenvalue weighted by Gasteiger charge is 2.18. The number of Topliss-reactive ketones (excluding diaryl/α,β-unsaturated/α-hetero) is 1. The molecule has 0 unspecified atom stereocenters. The summed E-state index contributed by atoms with van der Waals surface area (Å²) in [5, 5.41) is 20.1. The van der Waals surface area contributed by atoms with Crippen LogP contribution in [0.2, 0.25) is 0 Å². The lowest BCUT2D eigenvalue weighted by atomic mass is 10.0. The maximum absolute atomic E-state index is 12.3. The molecule has 130 valence electrons. The zero-order valence-corrected chi connectivity index (χ0v) is 15.7. The fourth-order valence-electron chi connectivity index (χ4n) is 2.08. The zero-order valence-electron chi connectivity index (χ0n) is 13.3. The van der Waals surface area contributed by atoms with Crippen molar-refractivity contribution in [2.24, 2.45) is 0 Å². The number of phenols is 2. The third-order valence-electron chi connectivity index (χ3n) is 3.22. The molecule has 5 nitrogen and oxygen atoms in total. The number of halogens is 2. The van der Waals surface area contributed by atoms with Crippen LogP contribution in [0.15, 0.2) is 40.9 Å². The average molecular weight is 417 g/mol. The van der Waals surface area contributed by atoms with Crippen molar-refractivity contribution in [2.45, 2.75) is 6.54 Å². The summed E-state index contributed by atoms with van der Waals surface area (Å²) in [5.41, 5.74) is 0.459. The van der Waals surface area contributed by atoms with E-state index in [4.69, 9.17) is 4.74 Å². The van der Waals surface area contributed by atoms with Gasteiger partial charge in [-0.25, -0.2) is 0 Å². The Hall–Kier alpha value is -1.76. The largest absolute Gasteiger partial charge is 0.507 e. The van der Waals surface area contributed by atoms with E-state index >= 15 is 0 Å². The number of phenolic OH excluding ortho intramolecular Hbond substituents is 2. The first-order valence-corrected chi connectivity index (χ1v) is 7.78. The van der Waals surface area contributed by atoms with Gasteiger partial charge in [-0.3, -0.25) is 4.79 Å². The second kappa shape index (κ2) is 8.92. The Bertz CT molecular complexity index is 704. The second-order valence-electron chi connectivity index (χ2n) is 5.36. The van der Waals surface area contributed by atoms with Gasteiger partial charge in [-0.1, -0.05) is 15.9 Å². The highest BCUT2D eigenvalue weighted by Crippen LogP contribution is 2.31. The predicted molar refractivity (Wildman–Crippen MR) is 98.4 cm³/mol. The molecule has 0 heterocycles. The number of hydrogen-bond donors (Lipinski definition) is 2. The minimum Gasteiger partial charge on any atom is -0.507 e. The Morgan fingerprint density at radius 3 is 2.33 bits per heavy atom. The Morgan fingerprint density at radius 2 is 1.75 bits per heavy atom. The number of ketones is 1. The molecule has 2 N–H and O–H groups in total. The molecule has 0 saturated heterocycles. The first kappa shape index (κ1) is 20.3. The van der Waals surface area contributed by atoms with Gasteiger partial charge in [0.15, 0.2) is 6.61 Å². The summed E-state index contributed by atoms with van der Waals surface area (Å²) in [6.07, 6.45) is 0. The second-order valence-corrected chi connectivity index (χ2v) is 6.28. The van der Waals surface area contributed by atoms with Crippen LogP contribution in [0.4, 0.5) is 0 Å². The summed E-state index contributed by atoms with van der Waals surface area (Å²) in [7, 11) is 3.62. The number of hydrogen-bond acceptors (Lipinski definition) is 5. The van der Waals surface area contributed by atoms with Crippen LogP contribution in [0.25, 0.3) is 0 Å². The van der Waals surface area contributed by atoms with Gasteiger partial charge >= 0.3 is 0 Å². The van der Waals surface area contributed by atoms with Crippen LogP contribution in [-0.2, 0) is 6.54 Å². The third kappa shape index (κ3) is 5.12. The molecule has 7 heteroatoms. The molecule has 2 rings (SSSR count). The topological polar surface area (TPSA) is 70.0 Å². The molecule has 0 spiro atoms. The summed E-state index contributed by atoms with van der Waals surface area (Å²) in [6, 6.07) is 9.92. The number of carbonyl (C=O) groups is 1. The van der Waals surface area contributed by atoms with Gasteiger partial charge in [0.05, 0.1) is 11.1 Å². The van der Waals surface area contributed by atoms with E-state index in [0.29, 0.717) is 17.9 Å². The number of ether oxygens (including phenoxy) is 1. The zero-order chi connectivity index (χ0) is 17.0. The van der Waals surface area contributed by atoms with Crippen LogP contribution >= 0.6 is 28.3 Å². The summed E-state index contributed by atoms with van der Waals surface area (Å²) in [6.45, 7) is 0.133. The third-order valence-corrected chi connectivity index (χ3v) is 3.75. The Morgan fingerprint density at radius 1 is 1.12 bits per heavy atom. The van der Waals surface area contributed by atoms with Crippen molar-refractivity contribution in [1.29, 1.82) is 0 Å². The first-order valence-electron chi connectivity index (χ1n) is 6.98. The lowest BCUT2D eigenvalue weighted by molar-refractivity contribution is 0.0918. The van der Waals surface area contributed by atoms with Crippen LogP contribution in [0, 0.1) is 0 Å². The molecule has 0 bridgehead atoms. The molecule has 2 aromatic rings. The highest BCUT2D eigenvalue weighted by atomic mass is 79.9. The van der Waals surface area contributed by atoms with Crippen molar-refractivity contribution in [1.82, 2.24) is 4.90 Å². The number of aromatic hydroxyl groups is 2. The van der Waals surface area contributed by atoms with Gasteiger partial charge < -0.3 is 19.8 Å². The van der Waals surface area contributed by atoms with Gasteiger partial charge in [0, 0.05) is 11.0 Å². The molecule has 0 fully saturated rings. The molecular weight excluding hydrogens is 398 g/mol. The number of carbonyl (C=O) groups excluding carboxylic acids is 1. The normalized spacial score (nSPS) is 10.3. The first-order chi connectivity index (χ1) is 10.9. The van der Waals surface area contributed by atoms with E-state index < -0.39 is 0 Å². The minimum absolute atomic E-state index is 0. The average Bonchev–Trinajstić information content (AvgIpc) is 2.50. The molecule has 0 aliphatic carbocycles. The van der Waals surface area contributed by atoms with E-state index in [-0.39, 0.29) is 41.9 Å². The van der Waals surface area contributed by atoms with Crippen LogP contribution in [0.5, 0.6) is 17.2 Å². The lowest BCUT2D eigenvalue weighted by Crippen LogP contribution is -2.15. The molecule has 0 radical (unpaired) electrons. The molecule has 0 aliphatic rings. The fourth-order valence-corrected chi connectivity index (χ4v) is 2.34. The summed E-state index contributed by atoms with van der Waals surface area (Å²) < 4.78 is 6.35. The Balaban J connectivity index is 0.00000288. The van der Waals surface area contributed by atoms with E-state index in [2.05, 4.69) is 15.9 Å². The standard InChI is InChI=1S/C17H18BrNO4.ClH/c1-19(2)9-14-15(20)8-7-13(17(14)22)16(21)10-23-12-5-3-11(18)4-6-12;/h3-8,20,22H,9-10H2,1-2H3;1H. The Labute approximate surface area is 155 Å². The number of benzene rings is 2. The van der Waals surface area contributed by atoms with Crippen LogP contribution in [0.1, 0.15) is 15.9 Å². The van der Waals surface area contributed by atoms with Crippen molar-refractivity contribution in [3.63, 3.8) is 0 Å². The molecule has 2 aromatic carbocycles. The van der Waals surface area contributed by atoms with Gasteiger partial charge in [-0.15, -0.1) is 12.4 Å². The van der Waals surface area contributed by atoms with Crippen molar-refractivity contribution in [2.75, 3.05) is 20.7 Å². The quantitative estimate of drug-likeness (QED) is 0.704. The van der Waals surface area contributed by atoms with E-state index in [0.717, 1.165) is 4.47 Å². The monoisotopic (exact) mass is 415 g/mol. The maximum Gasteiger partial charge on any atom is 0.203 e. The van der Waals surface area contributed by atoms with Crippen LogP contribution in [0.3, 0.4) is 0 Å². The lowest BCUT2D eigenvalue weighted by Gasteiger charge is -2.15. The smallest absolute Gasteiger partial charge is 0.203 e. The van der Waals surface area contributed by atoms with Crippen molar-refractivity contribution >= 4 is 34.1 Å². The molecule has 0 atom stereocenters. The van der Waals surface area contributed by atoms with Crippen LogP contribution < -0.4 is 4.74 Å². The predicted octanol–water partition coefficient (Wildman–Crippen LogP) is 3.61.